The molecule has 0 saturated carbocycles. The molecule has 2 fully saturated rings. The van der Waals surface area contributed by atoms with E-state index < -0.39 is 0 Å². The number of halogens is 1. The highest BCUT2D eigenvalue weighted by Crippen LogP contribution is 2.16. The molecule has 0 unspecified atom stereocenters. The molecular formula is C20H41IN6O2. The average Bonchev–Trinajstić information content (AvgIpc) is 2.72. The third kappa shape index (κ3) is 11.4. The third-order valence-electron chi connectivity index (χ3n) is 5.53. The molecule has 9 heteroatoms. The molecule has 29 heavy (non-hydrogen) atoms. The van der Waals surface area contributed by atoms with E-state index in [1.54, 1.807) is 0 Å². The van der Waals surface area contributed by atoms with Crippen molar-refractivity contribution >= 4 is 35.8 Å². The van der Waals surface area contributed by atoms with Gasteiger partial charge in [0.25, 0.3) is 0 Å². The molecule has 8 nitrogen and oxygen atoms in total. The first kappa shape index (κ1) is 26.4. The van der Waals surface area contributed by atoms with Gasteiger partial charge in [0.2, 0.25) is 5.91 Å². The molecule has 0 radical (unpaired) electrons. The van der Waals surface area contributed by atoms with Gasteiger partial charge in [-0.3, -0.25) is 14.7 Å². The van der Waals surface area contributed by atoms with Crippen LogP contribution in [0.4, 0.5) is 0 Å². The maximum atomic E-state index is 11.2. The van der Waals surface area contributed by atoms with Gasteiger partial charge < -0.3 is 26.0 Å². The van der Waals surface area contributed by atoms with Gasteiger partial charge in [0.15, 0.2) is 5.96 Å². The van der Waals surface area contributed by atoms with Crippen molar-refractivity contribution in [3.63, 3.8) is 0 Å². The van der Waals surface area contributed by atoms with E-state index in [1.807, 2.05) is 0 Å². The summed E-state index contributed by atoms with van der Waals surface area (Å²) in [5.41, 5.74) is 5.40. The summed E-state index contributed by atoms with van der Waals surface area (Å²) in [5, 5.41) is 6.77. The third-order valence-corrected chi connectivity index (χ3v) is 5.53. The number of aliphatic imine (C=N–C) groups is 1. The summed E-state index contributed by atoms with van der Waals surface area (Å²) in [6.07, 6.45) is 5.18. The van der Waals surface area contributed by atoms with Crippen LogP contribution in [0.5, 0.6) is 0 Å². The number of hydrogen-bond acceptors (Lipinski definition) is 5. The lowest BCUT2D eigenvalue weighted by Gasteiger charge is -2.30. The minimum atomic E-state index is -0.135. The van der Waals surface area contributed by atoms with Crippen LogP contribution in [0, 0.1) is 5.92 Å². The lowest BCUT2D eigenvalue weighted by Crippen LogP contribution is -2.40. The molecule has 0 aromatic heterocycles. The largest absolute Gasteiger partial charge is 0.379 e. The number of amides is 1. The summed E-state index contributed by atoms with van der Waals surface area (Å²) >= 11 is 0. The van der Waals surface area contributed by atoms with E-state index in [0.717, 1.165) is 110 Å². The molecule has 0 aromatic carbocycles. The van der Waals surface area contributed by atoms with Crippen LogP contribution in [0.1, 0.15) is 39.0 Å². The van der Waals surface area contributed by atoms with Crippen LogP contribution in [0.15, 0.2) is 4.99 Å². The van der Waals surface area contributed by atoms with E-state index in [9.17, 15) is 4.79 Å². The number of carbonyl (C=O) groups is 1. The number of ether oxygens (including phenoxy) is 1. The maximum Gasteiger partial charge on any atom is 0.220 e. The van der Waals surface area contributed by atoms with Crippen LogP contribution < -0.4 is 16.4 Å². The number of morpholine rings is 1. The van der Waals surface area contributed by atoms with Crippen molar-refractivity contribution in [3.05, 3.63) is 0 Å². The van der Waals surface area contributed by atoms with Crippen molar-refractivity contribution in [2.24, 2.45) is 16.6 Å². The number of primary amides is 1. The van der Waals surface area contributed by atoms with Crippen LogP contribution in [-0.4, -0.2) is 93.8 Å². The number of unbranched alkanes of at least 4 members (excludes halogenated alkanes) is 1. The summed E-state index contributed by atoms with van der Waals surface area (Å²) in [7, 11) is 0. The Morgan fingerprint density at radius 1 is 1.03 bits per heavy atom. The summed E-state index contributed by atoms with van der Waals surface area (Å²) in [5.74, 6) is 0.871. The molecule has 0 aromatic rings. The van der Waals surface area contributed by atoms with Crippen LogP contribution in [0.3, 0.4) is 0 Å². The number of hydrogen-bond donors (Lipinski definition) is 3. The highest BCUT2D eigenvalue weighted by Gasteiger charge is 2.22. The number of rotatable bonds is 11. The van der Waals surface area contributed by atoms with Gasteiger partial charge in [-0.2, -0.15) is 0 Å². The predicted octanol–water partition coefficient (Wildman–Crippen LogP) is 0.859. The van der Waals surface area contributed by atoms with E-state index in [1.165, 1.54) is 0 Å². The molecule has 0 aliphatic carbocycles. The van der Waals surface area contributed by atoms with Gasteiger partial charge in [0.05, 0.1) is 13.2 Å². The van der Waals surface area contributed by atoms with Gasteiger partial charge >= 0.3 is 0 Å². The number of piperidine rings is 1. The number of likely N-dealkylation sites (tertiary alicyclic amines) is 1. The summed E-state index contributed by atoms with van der Waals surface area (Å²) in [4.78, 5) is 20.8. The molecule has 2 saturated heterocycles. The Hall–Kier alpha value is -0.650. The molecular weight excluding hydrogens is 483 g/mol. The van der Waals surface area contributed by atoms with E-state index in [4.69, 9.17) is 15.5 Å². The zero-order chi connectivity index (χ0) is 20.0. The van der Waals surface area contributed by atoms with Gasteiger partial charge in [-0.25, -0.2) is 0 Å². The molecule has 170 valence electrons. The van der Waals surface area contributed by atoms with Crippen LogP contribution >= 0.6 is 24.0 Å². The van der Waals surface area contributed by atoms with Gasteiger partial charge in [-0.15, -0.1) is 24.0 Å². The number of nitrogens with two attached hydrogens (primary N) is 1. The van der Waals surface area contributed by atoms with Gasteiger partial charge in [0.1, 0.15) is 0 Å². The molecule has 0 atom stereocenters. The van der Waals surface area contributed by atoms with E-state index in [2.05, 4.69) is 27.4 Å². The Bertz CT molecular complexity index is 466. The second kappa shape index (κ2) is 16.1. The highest BCUT2D eigenvalue weighted by atomic mass is 127. The topological polar surface area (TPSA) is 95.2 Å². The van der Waals surface area contributed by atoms with E-state index in [-0.39, 0.29) is 35.8 Å². The molecule has 2 aliphatic heterocycles. The molecule has 0 spiro atoms. The highest BCUT2D eigenvalue weighted by molar-refractivity contribution is 14.0. The lowest BCUT2D eigenvalue weighted by atomic mass is 9.96. The zero-order valence-corrected chi connectivity index (χ0v) is 20.4. The zero-order valence-electron chi connectivity index (χ0n) is 18.0. The number of carbonyl (C=O) groups excluding carboxylic acids is 1. The van der Waals surface area contributed by atoms with Gasteiger partial charge in [-0.05, 0) is 58.7 Å². The van der Waals surface area contributed by atoms with E-state index >= 15 is 0 Å². The minimum absolute atomic E-state index is 0. The summed E-state index contributed by atoms with van der Waals surface area (Å²) < 4.78 is 5.38. The second-order valence-electron chi connectivity index (χ2n) is 7.72. The smallest absolute Gasteiger partial charge is 0.220 e. The summed E-state index contributed by atoms with van der Waals surface area (Å²) in [6.45, 7) is 12.7. The maximum absolute atomic E-state index is 11.2. The predicted molar refractivity (Wildman–Crippen MR) is 129 cm³/mol. The number of guanidine groups is 1. The Labute approximate surface area is 193 Å². The standard InChI is InChI=1S/C20H40N6O2.HI/c1-2-22-20(24-9-5-11-26-14-16-28-17-15-26)23-8-3-4-10-25-12-6-18(7-13-25)19(21)27;/h18H,2-17H2,1H3,(H2,21,27)(H2,22,23,24);1H. The first-order chi connectivity index (χ1) is 13.7. The van der Waals surface area contributed by atoms with Crippen molar-refractivity contribution in [1.82, 2.24) is 20.4 Å². The van der Waals surface area contributed by atoms with Crippen molar-refractivity contribution in [1.29, 1.82) is 0 Å². The lowest BCUT2D eigenvalue weighted by molar-refractivity contribution is -0.123. The first-order valence-electron chi connectivity index (χ1n) is 11.0. The quantitative estimate of drug-likeness (QED) is 0.161. The van der Waals surface area contributed by atoms with Crippen molar-refractivity contribution in [2.45, 2.75) is 39.0 Å². The Morgan fingerprint density at radius 2 is 1.69 bits per heavy atom. The molecule has 2 rings (SSSR count). The van der Waals surface area contributed by atoms with E-state index in [0.29, 0.717) is 0 Å². The number of nitrogens with zero attached hydrogens (tertiary/aromatic N) is 3. The van der Waals surface area contributed by atoms with Gasteiger partial charge in [0, 0.05) is 45.2 Å². The van der Waals surface area contributed by atoms with Gasteiger partial charge in [-0.1, -0.05) is 0 Å². The normalized spacial score (nSPS) is 19.6. The Morgan fingerprint density at radius 3 is 2.34 bits per heavy atom. The Kier molecular flexibility index (Phi) is 14.6. The van der Waals surface area contributed by atoms with Crippen molar-refractivity contribution in [2.75, 3.05) is 72.1 Å². The van der Waals surface area contributed by atoms with Crippen LogP contribution in [0.25, 0.3) is 0 Å². The average molecular weight is 524 g/mol. The SMILES string of the molecule is CCNC(=NCCCN1CCOCC1)NCCCCN1CCC(C(N)=O)CC1.I. The molecule has 4 N–H and O–H groups in total. The minimum Gasteiger partial charge on any atom is -0.379 e. The van der Waals surface area contributed by atoms with Crippen molar-refractivity contribution < 1.29 is 9.53 Å². The molecule has 1 amide bonds. The first-order valence-corrected chi connectivity index (χ1v) is 11.0. The fraction of sp³-hybridized carbons (Fsp3) is 0.900. The second-order valence-corrected chi connectivity index (χ2v) is 7.72. The fourth-order valence-electron chi connectivity index (χ4n) is 3.76. The molecule has 0 bridgehead atoms. The number of nitrogens with one attached hydrogen (secondary N) is 2. The van der Waals surface area contributed by atoms with Crippen LogP contribution in [0.2, 0.25) is 0 Å². The summed E-state index contributed by atoms with van der Waals surface area (Å²) in [6, 6.07) is 0. The monoisotopic (exact) mass is 524 g/mol. The molecule has 2 aliphatic rings. The van der Waals surface area contributed by atoms with Crippen LogP contribution in [-0.2, 0) is 9.53 Å². The molecule has 2 heterocycles. The van der Waals surface area contributed by atoms with Crippen molar-refractivity contribution in [3.8, 4) is 0 Å². The Balaban J connectivity index is 0.00000420. The fourth-order valence-corrected chi connectivity index (χ4v) is 3.76.